The van der Waals surface area contributed by atoms with Gasteiger partial charge in [0.25, 0.3) is 0 Å². The van der Waals surface area contributed by atoms with Crippen molar-refractivity contribution in [1.29, 1.82) is 5.26 Å². The number of terminal acetylenes is 1. The molecule has 5 rings (SSSR count). The third-order valence-corrected chi connectivity index (χ3v) is 7.26. The predicted octanol–water partition coefficient (Wildman–Crippen LogP) is 2.51. The van der Waals surface area contributed by atoms with Crippen LogP contribution in [0.2, 0.25) is 0 Å². The van der Waals surface area contributed by atoms with E-state index in [1.54, 1.807) is 13.0 Å². The van der Waals surface area contributed by atoms with E-state index in [4.69, 9.17) is 21.2 Å². The number of carbonyl (C=O) groups excluding carboxylic acids is 2. The van der Waals surface area contributed by atoms with Crippen molar-refractivity contribution in [2.75, 3.05) is 18.1 Å². The van der Waals surface area contributed by atoms with Crippen LogP contribution in [-0.4, -0.2) is 42.4 Å². The molecule has 1 aromatic rings. The molecule has 1 spiro atoms. The van der Waals surface area contributed by atoms with E-state index in [-0.39, 0.29) is 24.7 Å². The number of rotatable bonds is 3. The van der Waals surface area contributed by atoms with Crippen molar-refractivity contribution in [3.8, 4) is 18.4 Å². The van der Waals surface area contributed by atoms with E-state index < -0.39 is 52.5 Å². The molecule has 0 unspecified atom stereocenters. The number of benzene rings is 1. The van der Waals surface area contributed by atoms with E-state index in [0.29, 0.717) is 12.8 Å². The average molecular weight is 471 g/mol. The van der Waals surface area contributed by atoms with Crippen molar-refractivity contribution >= 4 is 17.5 Å². The maximum atomic E-state index is 13.6. The molecule has 10 heteroatoms. The van der Waals surface area contributed by atoms with Crippen LogP contribution in [0.4, 0.5) is 18.9 Å². The summed E-state index contributed by atoms with van der Waals surface area (Å²) in [7, 11) is 0. The maximum Gasteiger partial charge on any atom is 0.417 e. The van der Waals surface area contributed by atoms with Gasteiger partial charge in [-0.2, -0.15) is 18.4 Å². The highest BCUT2D eigenvalue weighted by Gasteiger charge is 2.76. The molecule has 2 bridgehead atoms. The molecular formula is C24H20F3N3O4. The molecule has 4 heterocycles. The number of anilines is 1. The predicted molar refractivity (Wildman–Crippen MR) is 112 cm³/mol. The second-order valence-corrected chi connectivity index (χ2v) is 9.13. The Morgan fingerprint density at radius 3 is 2.88 bits per heavy atom. The second kappa shape index (κ2) is 7.33. The van der Waals surface area contributed by atoms with Crippen LogP contribution in [0.3, 0.4) is 0 Å². The Morgan fingerprint density at radius 1 is 1.44 bits per heavy atom. The zero-order valence-electron chi connectivity index (χ0n) is 18.1. The zero-order valence-corrected chi connectivity index (χ0v) is 18.1. The smallest absolute Gasteiger partial charge is 0.363 e. The van der Waals surface area contributed by atoms with Crippen LogP contribution in [-0.2, 0) is 25.2 Å². The summed E-state index contributed by atoms with van der Waals surface area (Å²) in [6.45, 7) is 2.05. The number of nitrogens with one attached hydrogen (secondary N) is 1. The highest BCUT2D eigenvalue weighted by molar-refractivity contribution is 6.00. The van der Waals surface area contributed by atoms with E-state index in [0.717, 1.165) is 17.7 Å². The first kappa shape index (κ1) is 22.5. The summed E-state index contributed by atoms with van der Waals surface area (Å²) in [5.74, 6) is 0.428. The maximum absolute atomic E-state index is 13.6. The van der Waals surface area contributed by atoms with Gasteiger partial charge in [-0.05, 0) is 30.7 Å². The summed E-state index contributed by atoms with van der Waals surface area (Å²) in [6, 6.07) is 4.75. The Balaban J connectivity index is 1.57. The van der Waals surface area contributed by atoms with Gasteiger partial charge in [0, 0.05) is 24.6 Å². The van der Waals surface area contributed by atoms with Gasteiger partial charge in [-0.25, -0.2) is 0 Å². The minimum Gasteiger partial charge on any atom is -0.363 e. The van der Waals surface area contributed by atoms with Gasteiger partial charge in [0.2, 0.25) is 11.8 Å². The van der Waals surface area contributed by atoms with Gasteiger partial charge < -0.3 is 14.8 Å². The van der Waals surface area contributed by atoms with Gasteiger partial charge in [0.1, 0.15) is 11.8 Å². The molecule has 5 atom stereocenters. The van der Waals surface area contributed by atoms with Crippen molar-refractivity contribution < 1.29 is 32.2 Å². The Labute approximate surface area is 193 Å². The van der Waals surface area contributed by atoms with Crippen LogP contribution in [0, 0.1) is 35.5 Å². The van der Waals surface area contributed by atoms with Crippen molar-refractivity contribution in [2.45, 2.75) is 43.4 Å². The van der Waals surface area contributed by atoms with E-state index in [9.17, 15) is 22.8 Å². The summed E-state index contributed by atoms with van der Waals surface area (Å²) in [4.78, 5) is 27.2. The number of alkyl halides is 3. The van der Waals surface area contributed by atoms with Crippen molar-refractivity contribution in [3.05, 3.63) is 41.0 Å². The number of nitrogens with zero attached hydrogens (tertiary/aromatic N) is 2. The number of fused-ring (bicyclic) bond motifs is 2. The molecule has 4 saturated heterocycles. The number of ether oxygens (including phenoxy) is 2. The average Bonchev–Trinajstić information content (AvgIpc) is 3.34. The van der Waals surface area contributed by atoms with Gasteiger partial charge in [-0.1, -0.05) is 5.92 Å². The van der Waals surface area contributed by atoms with E-state index in [2.05, 4.69) is 11.2 Å². The fraction of sp³-hybridized carbons (Fsp3) is 0.458. The Bertz CT molecular complexity index is 1210. The third kappa shape index (κ3) is 2.99. The fourth-order valence-electron chi connectivity index (χ4n) is 6.09. The quantitative estimate of drug-likeness (QED) is 0.541. The molecule has 7 nitrogen and oxygen atoms in total. The van der Waals surface area contributed by atoms with Crippen LogP contribution < -0.4 is 10.2 Å². The molecule has 0 saturated carbocycles. The number of amides is 2. The molecule has 0 radical (unpaired) electrons. The summed E-state index contributed by atoms with van der Waals surface area (Å²) < 4.78 is 53.1. The van der Waals surface area contributed by atoms with Crippen molar-refractivity contribution in [3.63, 3.8) is 0 Å². The topological polar surface area (TPSA) is 91.7 Å². The van der Waals surface area contributed by atoms with E-state index >= 15 is 0 Å². The first-order valence-corrected chi connectivity index (χ1v) is 10.7. The Hall–Kier alpha value is -3.34. The first-order chi connectivity index (χ1) is 16.1. The minimum atomic E-state index is -4.76. The lowest BCUT2D eigenvalue weighted by molar-refractivity contribution is -0.138. The zero-order chi connectivity index (χ0) is 24.5. The lowest BCUT2D eigenvalue weighted by Gasteiger charge is -2.43. The summed E-state index contributed by atoms with van der Waals surface area (Å²) >= 11 is 0. The minimum absolute atomic E-state index is 0.00747. The highest BCUT2D eigenvalue weighted by Crippen LogP contribution is 2.67. The lowest BCUT2D eigenvalue weighted by atomic mass is 9.63. The number of hydrogen-bond donors (Lipinski definition) is 1. The molecule has 1 N–H and O–H groups in total. The van der Waals surface area contributed by atoms with Gasteiger partial charge in [0.05, 0.1) is 47.8 Å². The number of nitriles is 1. The molecular weight excluding hydrogens is 451 g/mol. The van der Waals surface area contributed by atoms with Gasteiger partial charge >= 0.3 is 6.18 Å². The molecule has 1 aromatic carbocycles. The van der Waals surface area contributed by atoms with Crippen LogP contribution in [0.1, 0.15) is 30.9 Å². The molecule has 34 heavy (non-hydrogen) atoms. The van der Waals surface area contributed by atoms with Crippen LogP contribution >= 0.6 is 0 Å². The molecule has 176 valence electrons. The molecule has 0 aliphatic carbocycles. The van der Waals surface area contributed by atoms with Crippen LogP contribution in [0.5, 0.6) is 0 Å². The second-order valence-electron chi connectivity index (χ2n) is 9.13. The third-order valence-electron chi connectivity index (χ3n) is 7.26. The van der Waals surface area contributed by atoms with E-state index in [1.165, 1.54) is 17.0 Å². The van der Waals surface area contributed by atoms with Crippen LogP contribution in [0.25, 0.3) is 0 Å². The lowest BCUT2D eigenvalue weighted by Crippen LogP contribution is -2.52. The Kier molecular flexibility index (Phi) is 4.84. The standard InChI is InChI=1S/C24H20F3N3O4/c1-3-7-29-17(31)9-14-11-22(2)18-19-21(33-8-6-23(14,19)34-22)30(20(18)32)15-5-4-13(12-28)16(10-15)24(25,26)27/h1,4-5,9-10,18-19,21H,6-8,11H2,2H3,(H,29,31)/b14-9+/t18-,19+,21+,22-,23+/m1/s1. The SMILES string of the molecule is C#CCNC(=O)/C=C1\C[C@@]2(C)O[C@@]13CCO[C@H]1[C@@H]3[C@@H]2C(=O)N1c1ccc(C#N)c(C(F)(F)F)c1. The number of halogens is 3. The van der Waals surface area contributed by atoms with Gasteiger partial charge in [-0.15, -0.1) is 6.42 Å². The highest BCUT2D eigenvalue weighted by atomic mass is 19.4. The summed E-state index contributed by atoms with van der Waals surface area (Å²) in [5.41, 5.74) is -2.76. The van der Waals surface area contributed by atoms with E-state index in [1.807, 2.05) is 0 Å². The first-order valence-electron chi connectivity index (χ1n) is 10.7. The fourth-order valence-corrected chi connectivity index (χ4v) is 6.09. The Morgan fingerprint density at radius 2 is 2.21 bits per heavy atom. The molecule has 2 amide bonds. The monoisotopic (exact) mass is 471 g/mol. The molecule has 0 aromatic heterocycles. The largest absolute Gasteiger partial charge is 0.417 e. The molecule has 4 aliphatic heterocycles. The van der Waals surface area contributed by atoms with Crippen molar-refractivity contribution in [2.24, 2.45) is 11.8 Å². The number of hydrogen-bond acceptors (Lipinski definition) is 5. The van der Waals surface area contributed by atoms with Crippen molar-refractivity contribution in [1.82, 2.24) is 5.32 Å². The molecule has 4 fully saturated rings. The summed E-state index contributed by atoms with van der Waals surface area (Å²) in [6.07, 6.45) is 1.79. The van der Waals surface area contributed by atoms with Gasteiger partial charge in [0.15, 0.2) is 0 Å². The number of carbonyl (C=O) groups is 2. The molecule has 4 aliphatic rings. The summed E-state index contributed by atoms with van der Waals surface area (Å²) in [5, 5.41) is 11.7. The van der Waals surface area contributed by atoms with Gasteiger partial charge in [-0.3, -0.25) is 14.5 Å². The van der Waals surface area contributed by atoms with Crippen LogP contribution in [0.15, 0.2) is 29.8 Å². The normalized spacial score (nSPS) is 34.6.